The van der Waals surface area contributed by atoms with Gasteiger partial charge in [0.15, 0.2) is 0 Å². The van der Waals surface area contributed by atoms with E-state index < -0.39 is 0 Å². The van der Waals surface area contributed by atoms with Gasteiger partial charge in [-0.2, -0.15) is 0 Å². The number of aliphatic hydroxyl groups is 1. The van der Waals surface area contributed by atoms with Crippen LogP contribution >= 0.6 is 0 Å². The first kappa shape index (κ1) is 16.0. The second-order valence-corrected chi connectivity index (χ2v) is 5.51. The largest absolute Gasteiger partial charge is 0.388 e. The second kappa shape index (κ2) is 8.21. The Kier molecular flexibility index (Phi) is 6.93. The molecule has 1 N–H and O–H groups in total. The van der Waals surface area contributed by atoms with E-state index in [4.69, 9.17) is 0 Å². The molecule has 0 fully saturated rings. The Morgan fingerprint density at radius 3 is 2.16 bits per heavy atom. The van der Waals surface area contributed by atoms with Crippen molar-refractivity contribution in [3.63, 3.8) is 0 Å². The van der Waals surface area contributed by atoms with Crippen molar-refractivity contribution in [2.75, 3.05) is 11.4 Å². The highest BCUT2D eigenvalue weighted by Crippen LogP contribution is 2.22. The predicted octanol–water partition coefficient (Wildman–Crippen LogP) is 4.54. The van der Waals surface area contributed by atoms with E-state index in [1.54, 1.807) is 0 Å². The Morgan fingerprint density at radius 1 is 1.05 bits per heavy atom. The van der Waals surface area contributed by atoms with Gasteiger partial charge in [0, 0.05) is 18.3 Å². The van der Waals surface area contributed by atoms with Crippen molar-refractivity contribution in [1.82, 2.24) is 0 Å². The lowest BCUT2D eigenvalue weighted by Crippen LogP contribution is -2.31. The molecule has 0 aliphatic rings. The quantitative estimate of drug-likeness (QED) is 0.696. The van der Waals surface area contributed by atoms with Crippen LogP contribution in [-0.4, -0.2) is 17.7 Å². The molecule has 0 aliphatic carbocycles. The molecular formula is C17H29NO. The number of hydrogen-bond donors (Lipinski definition) is 1. The van der Waals surface area contributed by atoms with E-state index >= 15 is 0 Å². The van der Waals surface area contributed by atoms with Gasteiger partial charge in [-0.1, -0.05) is 38.8 Å². The molecule has 1 aromatic rings. The fourth-order valence-corrected chi connectivity index (χ4v) is 2.34. The van der Waals surface area contributed by atoms with E-state index in [0.29, 0.717) is 6.04 Å². The summed E-state index contributed by atoms with van der Waals surface area (Å²) in [6.07, 6.45) is 4.22. The van der Waals surface area contributed by atoms with Gasteiger partial charge in [0.2, 0.25) is 0 Å². The number of rotatable bonds is 8. The second-order valence-electron chi connectivity index (χ2n) is 5.51. The summed E-state index contributed by atoms with van der Waals surface area (Å²) in [6.45, 7) is 9.83. The smallest absolute Gasteiger partial charge is 0.0787 e. The summed E-state index contributed by atoms with van der Waals surface area (Å²) >= 11 is 0. The maximum Gasteiger partial charge on any atom is 0.0787 e. The van der Waals surface area contributed by atoms with E-state index in [9.17, 15) is 5.11 Å². The van der Waals surface area contributed by atoms with Crippen molar-refractivity contribution in [2.45, 2.75) is 65.5 Å². The molecule has 108 valence electrons. The number of anilines is 1. The fraction of sp³-hybridized carbons (Fsp3) is 0.647. The summed E-state index contributed by atoms with van der Waals surface area (Å²) in [4.78, 5) is 2.44. The van der Waals surface area contributed by atoms with Crippen molar-refractivity contribution in [2.24, 2.45) is 0 Å². The van der Waals surface area contributed by atoms with Crippen LogP contribution in [0.5, 0.6) is 0 Å². The lowest BCUT2D eigenvalue weighted by Gasteiger charge is -2.29. The SMILES string of the molecule is CCCCCN(c1ccc([C@H](O)CC)cc1)C(C)C. The Hall–Kier alpha value is -1.02. The molecule has 1 rings (SSSR count). The van der Waals surface area contributed by atoms with Crippen molar-refractivity contribution in [3.05, 3.63) is 29.8 Å². The Bertz CT molecular complexity index is 345. The first-order valence-electron chi connectivity index (χ1n) is 7.64. The molecule has 0 bridgehead atoms. The maximum atomic E-state index is 9.83. The van der Waals surface area contributed by atoms with Crippen molar-refractivity contribution < 1.29 is 5.11 Å². The minimum atomic E-state index is -0.332. The average Bonchev–Trinajstić information content (AvgIpc) is 2.42. The summed E-state index contributed by atoms with van der Waals surface area (Å²) < 4.78 is 0. The zero-order valence-corrected chi connectivity index (χ0v) is 12.9. The fourth-order valence-electron chi connectivity index (χ4n) is 2.34. The third kappa shape index (κ3) is 4.87. The first-order valence-corrected chi connectivity index (χ1v) is 7.64. The molecule has 1 atom stereocenters. The van der Waals surface area contributed by atoms with Crippen LogP contribution < -0.4 is 4.90 Å². The van der Waals surface area contributed by atoms with Crippen LogP contribution in [0.25, 0.3) is 0 Å². The van der Waals surface area contributed by atoms with Crippen LogP contribution in [0.3, 0.4) is 0 Å². The molecule has 0 aliphatic heterocycles. The van der Waals surface area contributed by atoms with Crippen LogP contribution in [0.2, 0.25) is 0 Å². The number of unbranched alkanes of at least 4 members (excludes halogenated alkanes) is 2. The molecule has 0 aromatic heterocycles. The van der Waals surface area contributed by atoms with Gasteiger partial charge in [0.05, 0.1) is 6.10 Å². The molecule has 0 spiro atoms. The van der Waals surface area contributed by atoms with Crippen molar-refractivity contribution in [3.8, 4) is 0 Å². The minimum absolute atomic E-state index is 0.332. The van der Waals surface area contributed by atoms with Gasteiger partial charge >= 0.3 is 0 Å². The van der Waals surface area contributed by atoms with Crippen molar-refractivity contribution in [1.29, 1.82) is 0 Å². The van der Waals surface area contributed by atoms with Crippen LogP contribution in [0.4, 0.5) is 5.69 Å². The van der Waals surface area contributed by atoms with Crippen LogP contribution in [-0.2, 0) is 0 Å². The van der Waals surface area contributed by atoms with Gasteiger partial charge in [-0.05, 0) is 44.4 Å². The van der Waals surface area contributed by atoms with Gasteiger partial charge < -0.3 is 10.0 Å². The third-order valence-corrected chi connectivity index (χ3v) is 3.62. The maximum absolute atomic E-state index is 9.83. The lowest BCUT2D eigenvalue weighted by atomic mass is 10.1. The predicted molar refractivity (Wildman–Crippen MR) is 83.7 cm³/mol. The summed E-state index contributed by atoms with van der Waals surface area (Å²) in [5.74, 6) is 0. The number of aliphatic hydroxyl groups excluding tert-OH is 1. The highest BCUT2D eigenvalue weighted by molar-refractivity contribution is 5.48. The average molecular weight is 263 g/mol. The first-order chi connectivity index (χ1) is 9.10. The van der Waals surface area contributed by atoms with E-state index in [0.717, 1.165) is 18.5 Å². The number of hydrogen-bond acceptors (Lipinski definition) is 2. The number of benzene rings is 1. The summed E-state index contributed by atoms with van der Waals surface area (Å²) in [5.41, 5.74) is 2.28. The highest BCUT2D eigenvalue weighted by atomic mass is 16.3. The normalized spacial score (nSPS) is 12.7. The van der Waals surface area contributed by atoms with Gasteiger partial charge in [0.25, 0.3) is 0 Å². The Morgan fingerprint density at radius 2 is 1.68 bits per heavy atom. The molecule has 0 amide bonds. The van der Waals surface area contributed by atoms with E-state index in [2.05, 4.69) is 49.9 Å². The summed E-state index contributed by atoms with van der Waals surface area (Å²) in [5, 5.41) is 9.83. The highest BCUT2D eigenvalue weighted by Gasteiger charge is 2.11. The topological polar surface area (TPSA) is 23.5 Å². The molecule has 19 heavy (non-hydrogen) atoms. The standard InChI is InChI=1S/C17H29NO/c1-5-7-8-13-18(14(3)4)16-11-9-15(10-12-16)17(19)6-2/h9-12,14,17,19H,5-8,13H2,1-4H3/t17-/m1/s1. The van der Waals surface area contributed by atoms with Crippen LogP contribution in [0.15, 0.2) is 24.3 Å². The molecular weight excluding hydrogens is 234 g/mol. The van der Waals surface area contributed by atoms with Gasteiger partial charge in [-0.3, -0.25) is 0 Å². The van der Waals surface area contributed by atoms with Gasteiger partial charge in [0.1, 0.15) is 0 Å². The lowest BCUT2D eigenvalue weighted by molar-refractivity contribution is 0.173. The molecule has 2 nitrogen and oxygen atoms in total. The van der Waals surface area contributed by atoms with E-state index in [1.807, 2.05) is 6.92 Å². The summed E-state index contributed by atoms with van der Waals surface area (Å²) in [6, 6.07) is 8.90. The monoisotopic (exact) mass is 263 g/mol. The van der Waals surface area contributed by atoms with E-state index in [-0.39, 0.29) is 6.10 Å². The molecule has 0 unspecified atom stereocenters. The Balaban J connectivity index is 2.74. The van der Waals surface area contributed by atoms with Gasteiger partial charge in [-0.25, -0.2) is 0 Å². The molecule has 0 saturated carbocycles. The number of nitrogens with zero attached hydrogens (tertiary/aromatic N) is 1. The summed E-state index contributed by atoms with van der Waals surface area (Å²) in [7, 11) is 0. The van der Waals surface area contributed by atoms with Crippen LogP contribution in [0, 0.1) is 0 Å². The zero-order chi connectivity index (χ0) is 14.3. The molecule has 1 aromatic carbocycles. The zero-order valence-electron chi connectivity index (χ0n) is 12.9. The Labute approximate surface area is 118 Å². The van der Waals surface area contributed by atoms with Crippen molar-refractivity contribution >= 4 is 5.69 Å². The molecule has 0 heterocycles. The molecule has 0 radical (unpaired) electrons. The van der Waals surface area contributed by atoms with Crippen LogP contribution in [0.1, 0.15) is 65.0 Å². The third-order valence-electron chi connectivity index (χ3n) is 3.62. The molecule has 0 saturated heterocycles. The molecule has 2 heteroatoms. The van der Waals surface area contributed by atoms with Gasteiger partial charge in [-0.15, -0.1) is 0 Å². The van der Waals surface area contributed by atoms with E-state index in [1.165, 1.54) is 24.9 Å². The minimum Gasteiger partial charge on any atom is -0.388 e.